The summed E-state index contributed by atoms with van der Waals surface area (Å²) >= 11 is 0. The zero-order valence-electron chi connectivity index (χ0n) is 23.4. The van der Waals surface area contributed by atoms with Crippen LogP contribution in [0.25, 0.3) is 22.2 Å². The molecule has 5 N–H and O–H groups in total. The third-order valence-electron chi connectivity index (χ3n) is 7.58. The van der Waals surface area contributed by atoms with E-state index in [0.717, 1.165) is 31.9 Å². The first-order valence-electron chi connectivity index (χ1n) is 13.7. The molecule has 1 fully saturated rings. The SMILES string of the molecule is CC[NH2+]/C(=C\C=N)C(=O)NC(c1nc2c(F)c(-c3ccccc3C(=O)N(C)C)c(F)cc2[nH]1)C1CCC(C)CC1. The van der Waals surface area contributed by atoms with E-state index in [9.17, 15) is 9.59 Å². The summed E-state index contributed by atoms with van der Waals surface area (Å²) in [5.74, 6) is -1.44. The first-order valence-corrected chi connectivity index (χ1v) is 13.7. The number of aromatic amines is 1. The number of halogens is 2. The Labute approximate surface area is 232 Å². The molecule has 1 heterocycles. The van der Waals surface area contributed by atoms with Crippen molar-refractivity contribution in [3.63, 3.8) is 0 Å². The van der Waals surface area contributed by atoms with Crippen LogP contribution in [0.4, 0.5) is 8.78 Å². The molecule has 2 amide bonds. The predicted octanol–water partition coefficient (Wildman–Crippen LogP) is 4.31. The van der Waals surface area contributed by atoms with Gasteiger partial charge in [0.2, 0.25) is 0 Å². The number of hydrogen-bond donors (Lipinski definition) is 4. The number of benzene rings is 2. The van der Waals surface area contributed by atoms with Crippen molar-refractivity contribution in [2.24, 2.45) is 11.8 Å². The van der Waals surface area contributed by atoms with E-state index in [1.807, 2.05) is 6.92 Å². The number of aromatic nitrogens is 2. The summed E-state index contributed by atoms with van der Waals surface area (Å²) in [4.78, 5) is 35.0. The molecule has 2 aromatic carbocycles. The van der Waals surface area contributed by atoms with E-state index in [1.54, 1.807) is 37.6 Å². The van der Waals surface area contributed by atoms with Crippen LogP contribution in [0.5, 0.6) is 0 Å². The van der Waals surface area contributed by atoms with Gasteiger partial charge in [0.25, 0.3) is 5.91 Å². The number of hydrogen-bond acceptors (Lipinski definition) is 4. The number of fused-ring (bicyclic) bond motifs is 1. The Morgan fingerprint density at radius 1 is 1.23 bits per heavy atom. The molecule has 8 nitrogen and oxygen atoms in total. The van der Waals surface area contributed by atoms with Gasteiger partial charge in [0.15, 0.2) is 11.5 Å². The van der Waals surface area contributed by atoms with Gasteiger partial charge in [-0.1, -0.05) is 38.0 Å². The quantitative estimate of drug-likeness (QED) is 0.234. The zero-order valence-corrected chi connectivity index (χ0v) is 23.4. The van der Waals surface area contributed by atoms with E-state index in [4.69, 9.17) is 5.41 Å². The van der Waals surface area contributed by atoms with Crippen LogP contribution in [0.2, 0.25) is 0 Å². The second kappa shape index (κ2) is 12.5. The molecule has 212 valence electrons. The van der Waals surface area contributed by atoms with Crippen LogP contribution in [-0.4, -0.2) is 53.5 Å². The molecular weight excluding hydrogens is 514 g/mol. The lowest BCUT2D eigenvalue weighted by atomic mass is 9.79. The lowest BCUT2D eigenvalue weighted by Crippen LogP contribution is -2.83. The number of nitrogens with zero attached hydrogens (tertiary/aromatic N) is 2. The fourth-order valence-corrected chi connectivity index (χ4v) is 5.42. The van der Waals surface area contributed by atoms with Crippen LogP contribution in [0.1, 0.15) is 61.8 Å². The van der Waals surface area contributed by atoms with Crippen LogP contribution >= 0.6 is 0 Å². The predicted molar refractivity (Wildman–Crippen MR) is 151 cm³/mol. The van der Waals surface area contributed by atoms with Crippen LogP contribution in [0.15, 0.2) is 42.1 Å². The first-order chi connectivity index (χ1) is 19.2. The van der Waals surface area contributed by atoms with E-state index in [1.165, 1.54) is 23.1 Å². The Morgan fingerprint density at radius 3 is 2.58 bits per heavy atom. The maximum absolute atomic E-state index is 16.0. The minimum Gasteiger partial charge on any atom is -0.345 e. The molecule has 4 rings (SSSR count). The highest BCUT2D eigenvalue weighted by Crippen LogP contribution is 2.38. The van der Waals surface area contributed by atoms with Crippen molar-refractivity contribution in [2.75, 3.05) is 20.6 Å². The van der Waals surface area contributed by atoms with Crippen LogP contribution in [0, 0.1) is 28.9 Å². The largest absolute Gasteiger partial charge is 0.345 e. The van der Waals surface area contributed by atoms with Gasteiger partial charge < -0.3 is 25.9 Å². The number of carbonyl (C=O) groups is 2. The molecule has 10 heteroatoms. The van der Waals surface area contributed by atoms with Gasteiger partial charge in [0.1, 0.15) is 17.2 Å². The summed E-state index contributed by atoms with van der Waals surface area (Å²) in [5.41, 5.74) is 0.479. The molecule has 1 aromatic heterocycles. The molecule has 1 aliphatic rings. The number of rotatable bonds is 9. The molecule has 40 heavy (non-hydrogen) atoms. The minimum atomic E-state index is -0.873. The summed E-state index contributed by atoms with van der Waals surface area (Å²) < 4.78 is 31.5. The molecule has 1 aliphatic carbocycles. The van der Waals surface area contributed by atoms with Crippen molar-refractivity contribution in [1.29, 1.82) is 5.41 Å². The minimum absolute atomic E-state index is 0.0504. The number of H-pyrrole nitrogens is 1. The van der Waals surface area contributed by atoms with Crippen molar-refractivity contribution in [1.82, 2.24) is 20.2 Å². The Bertz CT molecular complexity index is 1440. The fourth-order valence-electron chi connectivity index (χ4n) is 5.42. The van der Waals surface area contributed by atoms with Gasteiger partial charge in [-0.2, -0.15) is 0 Å². The molecule has 0 aliphatic heterocycles. The average Bonchev–Trinajstić information content (AvgIpc) is 3.36. The summed E-state index contributed by atoms with van der Waals surface area (Å²) in [6.45, 7) is 4.72. The molecular formula is C30H37F2N6O2+. The van der Waals surface area contributed by atoms with Gasteiger partial charge in [-0.05, 0) is 37.7 Å². The van der Waals surface area contributed by atoms with Gasteiger partial charge in [-0.3, -0.25) is 9.59 Å². The normalized spacial score (nSPS) is 18.4. The molecule has 1 unspecified atom stereocenters. The third kappa shape index (κ3) is 5.96. The van der Waals surface area contributed by atoms with Crippen LogP contribution in [-0.2, 0) is 4.79 Å². The monoisotopic (exact) mass is 551 g/mol. The van der Waals surface area contributed by atoms with Gasteiger partial charge in [0.05, 0.1) is 23.7 Å². The molecule has 1 atom stereocenters. The Balaban J connectivity index is 1.80. The first kappa shape index (κ1) is 29.1. The smallest absolute Gasteiger partial charge is 0.305 e. The number of imidazole rings is 1. The van der Waals surface area contributed by atoms with Crippen molar-refractivity contribution in [3.05, 3.63) is 65.1 Å². The molecule has 0 radical (unpaired) electrons. The second-order valence-electron chi connectivity index (χ2n) is 10.7. The van der Waals surface area contributed by atoms with Crippen LogP contribution in [0.3, 0.4) is 0 Å². The number of nitrogens with one attached hydrogen (secondary N) is 3. The van der Waals surface area contributed by atoms with Gasteiger partial charge in [-0.15, -0.1) is 0 Å². The second-order valence-corrected chi connectivity index (χ2v) is 10.7. The van der Waals surface area contributed by atoms with E-state index in [-0.39, 0.29) is 45.5 Å². The topological polar surface area (TPSA) is 119 Å². The van der Waals surface area contributed by atoms with Crippen molar-refractivity contribution < 1.29 is 23.7 Å². The number of amides is 2. The molecule has 0 spiro atoms. The van der Waals surface area contributed by atoms with Gasteiger partial charge in [-0.25, -0.2) is 13.8 Å². The highest BCUT2D eigenvalue weighted by molar-refractivity contribution is 6.01. The summed E-state index contributed by atoms with van der Waals surface area (Å²) in [6.07, 6.45) is 6.19. The zero-order chi connectivity index (χ0) is 29.0. The molecule has 0 saturated heterocycles. The molecule has 3 aromatic rings. The highest BCUT2D eigenvalue weighted by atomic mass is 19.1. The Hall–Kier alpha value is -3.92. The summed E-state index contributed by atoms with van der Waals surface area (Å²) in [7, 11) is 3.16. The van der Waals surface area contributed by atoms with E-state index >= 15 is 8.78 Å². The van der Waals surface area contributed by atoms with E-state index in [2.05, 4.69) is 22.2 Å². The Morgan fingerprint density at radius 2 is 1.93 bits per heavy atom. The van der Waals surface area contributed by atoms with E-state index in [0.29, 0.717) is 24.0 Å². The number of likely N-dealkylation sites (N-methyl/N-ethyl adjacent to an activating group) is 1. The standard InChI is InChI=1S/C30H36F2N6O2/c1-5-34-22(14-15-33)29(39)37-26(18-12-10-17(2)11-13-18)28-35-23-16-21(31)24(25(32)27(23)36-28)19-8-6-7-9-20(19)30(40)38(3)4/h6-9,14-18,26,33-34H,5,10-13H2,1-4H3,(H,35,36)(H,37,39)/p+1/b22-14-,33-15?. The van der Waals surface area contributed by atoms with Crippen molar-refractivity contribution >= 4 is 29.1 Å². The number of quaternary nitrogens is 1. The van der Waals surface area contributed by atoms with E-state index < -0.39 is 17.7 Å². The summed E-state index contributed by atoms with van der Waals surface area (Å²) in [5, 5.41) is 12.2. The lowest BCUT2D eigenvalue weighted by molar-refractivity contribution is -0.597. The van der Waals surface area contributed by atoms with Crippen LogP contribution < -0.4 is 10.6 Å². The lowest BCUT2D eigenvalue weighted by Gasteiger charge is -2.32. The number of allylic oxidation sites excluding steroid dienone is 1. The maximum atomic E-state index is 16.0. The summed E-state index contributed by atoms with van der Waals surface area (Å²) in [6, 6.07) is 6.97. The van der Waals surface area contributed by atoms with Gasteiger partial charge in [0, 0.05) is 43.6 Å². The third-order valence-corrected chi connectivity index (χ3v) is 7.58. The maximum Gasteiger partial charge on any atom is 0.305 e. The highest BCUT2D eigenvalue weighted by Gasteiger charge is 2.33. The number of nitrogens with two attached hydrogens (primary N) is 1. The Kier molecular flexibility index (Phi) is 9.09. The molecule has 0 bridgehead atoms. The fraction of sp³-hybridized carbons (Fsp3) is 0.400. The average molecular weight is 552 g/mol. The van der Waals surface area contributed by atoms with Crippen molar-refractivity contribution in [2.45, 2.75) is 45.6 Å². The molecule has 1 saturated carbocycles. The van der Waals surface area contributed by atoms with Crippen molar-refractivity contribution in [3.8, 4) is 11.1 Å². The number of carbonyl (C=O) groups excluding carboxylic acids is 2. The van der Waals surface area contributed by atoms with Gasteiger partial charge >= 0.3 is 5.91 Å².